The number of benzene rings is 1. The summed E-state index contributed by atoms with van der Waals surface area (Å²) in [4.78, 5) is 11.3. The lowest BCUT2D eigenvalue weighted by atomic mass is 10.0. The highest BCUT2D eigenvalue weighted by Gasteiger charge is 2.19. The van der Waals surface area contributed by atoms with Crippen molar-refractivity contribution in [1.82, 2.24) is 24.6 Å². The Kier molecular flexibility index (Phi) is 5.17. The van der Waals surface area contributed by atoms with Crippen LogP contribution in [0.15, 0.2) is 41.8 Å². The van der Waals surface area contributed by atoms with Crippen LogP contribution in [0.1, 0.15) is 25.7 Å². The first kappa shape index (κ1) is 17.4. The number of hydrogen-bond acceptors (Lipinski definition) is 5. The lowest BCUT2D eigenvalue weighted by Crippen LogP contribution is -2.36. The Morgan fingerprint density at radius 2 is 2.04 bits per heavy atom. The number of piperidine rings is 1. The second kappa shape index (κ2) is 7.72. The number of thioether (sulfide) groups is 1. The highest BCUT2D eigenvalue weighted by molar-refractivity contribution is 7.99. The molecule has 0 saturated carbocycles. The van der Waals surface area contributed by atoms with Gasteiger partial charge in [0.25, 0.3) is 0 Å². The predicted octanol–water partition coefficient (Wildman–Crippen LogP) is 3.92. The summed E-state index contributed by atoms with van der Waals surface area (Å²) in [6.07, 6.45) is 8.49. The molecule has 0 aliphatic carbocycles. The van der Waals surface area contributed by atoms with Gasteiger partial charge in [-0.15, -0.1) is 11.8 Å². The molecule has 1 unspecified atom stereocenters. The normalized spacial score (nSPS) is 18.5. The van der Waals surface area contributed by atoms with Crippen LogP contribution in [0.25, 0.3) is 16.7 Å². The Morgan fingerprint density at radius 3 is 2.85 bits per heavy atom. The van der Waals surface area contributed by atoms with Crippen LogP contribution in [0.4, 0.5) is 4.39 Å². The Labute approximate surface area is 156 Å². The zero-order valence-corrected chi connectivity index (χ0v) is 15.6. The van der Waals surface area contributed by atoms with Crippen LogP contribution in [-0.2, 0) is 0 Å². The van der Waals surface area contributed by atoms with Crippen molar-refractivity contribution < 1.29 is 4.39 Å². The summed E-state index contributed by atoms with van der Waals surface area (Å²) in [5, 5.41) is 6.34. The summed E-state index contributed by atoms with van der Waals surface area (Å²) < 4.78 is 14.9. The summed E-state index contributed by atoms with van der Waals surface area (Å²) in [5.74, 6) is 0.770. The fraction of sp³-hybridized carbons (Fsp3) is 0.421. The first-order valence-electron chi connectivity index (χ1n) is 9.00. The molecule has 2 aromatic heterocycles. The van der Waals surface area contributed by atoms with Gasteiger partial charge in [-0.3, -0.25) is 0 Å². The van der Waals surface area contributed by atoms with E-state index in [1.807, 2.05) is 0 Å². The first-order valence-corrected chi connectivity index (χ1v) is 9.98. The fourth-order valence-electron chi connectivity index (χ4n) is 3.51. The minimum absolute atomic E-state index is 0.260. The van der Waals surface area contributed by atoms with Gasteiger partial charge in [-0.05, 0) is 57.1 Å². The largest absolute Gasteiger partial charge is 0.303 e. The minimum Gasteiger partial charge on any atom is -0.303 e. The van der Waals surface area contributed by atoms with Crippen molar-refractivity contribution in [3.63, 3.8) is 0 Å². The maximum absolute atomic E-state index is 13.2. The average molecular weight is 371 g/mol. The number of rotatable bonds is 5. The molecular weight excluding hydrogens is 349 g/mol. The van der Waals surface area contributed by atoms with Crippen molar-refractivity contribution in [3.8, 4) is 5.69 Å². The molecule has 1 aromatic carbocycles. The van der Waals surface area contributed by atoms with Gasteiger partial charge in [0.05, 0.1) is 17.3 Å². The summed E-state index contributed by atoms with van der Waals surface area (Å²) in [6.45, 7) is 1.21. The molecule has 26 heavy (non-hydrogen) atoms. The van der Waals surface area contributed by atoms with E-state index in [0.717, 1.165) is 27.5 Å². The predicted molar refractivity (Wildman–Crippen MR) is 102 cm³/mol. The van der Waals surface area contributed by atoms with Crippen molar-refractivity contribution in [2.75, 3.05) is 19.3 Å². The van der Waals surface area contributed by atoms with E-state index < -0.39 is 0 Å². The molecule has 5 nitrogen and oxygen atoms in total. The van der Waals surface area contributed by atoms with Crippen LogP contribution in [-0.4, -0.2) is 50.0 Å². The standard InChI is InChI=1S/C19H22FN5S/c1-24-10-3-2-4-15(24)9-11-26-19-17-12-23-25(18(17)21-13-22-19)16-7-5-14(20)6-8-16/h5-8,12-13,15H,2-4,9-11H2,1H3. The maximum atomic E-state index is 13.2. The number of hydrogen-bond donors (Lipinski definition) is 0. The Bertz CT molecular complexity index is 879. The van der Waals surface area contributed by atoms with Gasteiger partial charge in [0.2, 0.25) is 0 Å². The van der Waals surface area contributed by atoms with Crippen LogP contribution in [0, 0.1) is 5.82 Å². The third kappa shape index (κ3) is 3.59. The smallest absolute Gasteiger partial charge is 0.167 e. The van der Waals surface area contributed by atoms with Crippen molar-refractivity contribution >= 4 is 22.8 Å². The molecule has 0 bridgehead atoms. The summed E-state index contributed by atoms with van der Waals surface area (Å²) >= 11 is 1.77. The molecule has 1 aliphatic heterocycles. The van der Waals surface area contributed by atoms with Crippen LogP contribution < -0.4 is 0 Å². The van der Waals surface area contributed by atoms with Crippen molar-refractivity contribution in [2.24, 2.45) is 0 Å². The second-order valence-corrected chi connectivity index (χ2v) is 7.80. The molecule has 0 spiro atoms. The Hall–Kier alpha value is -1.99. The maximum Gasteiger partial charge on any atom is 0.167 e. The van der Waals surface area contributed by atoms with E-state index >= 15 is 0 Å². The van der Waals surface area contributed by atoms with Gasteiger partial charge in [0.1, 0.15) is 17.2 Å². The van der Waals surface area contributed by atoms with E-state index in [-0.39, 0.29) is 5.82 Å². The van der Waals surface area contributed by atoms with E-state index in [1.165, 1.54) is 44.4 Å². The average Bonchev–Trinajstić information content (AvgIpc) is 3.09. The van der Waals surface area contributed by atoms with Gasteiger partial charge in [-0.2, -0.15) is 5.10 Å². The molecule has 1 aliphatic rings. The monoisotopic (exact) mass is 371 g/mol. The van der Waals surface area contributed by atoms with Crippen molar-refractivity contribution in [3.05, 3.63) is 42.6 Å². The van der Waals surface area contributed by atoms with Crippen LogP contribution >= 0.6 is 11.8 Å². The van der Waals surface area contributed by atoms with Gasteiger partial charge in [0.15, 0.2) is 5.65 Å². The molecule has 0 radical (unpaired) electrons. The zero-order valence-electron chi connectivity index (χ0n) is 14.8. The molecule has 1 saturated heterocycles. The molecule has 1 fully saturated rings. The third-order valence-corrected chi connectivity index (χ3v) is 6.05. The van der Waals surface area contributed by atoms with Crippen molar-refractivity contribution in [1.29, 1.82) is 0 Å². The second-order valence-electron chi connectivity index (χ2n) is 6.72. The molecular formula is C19H22FN5S. The van der Waals surface area contributed by atoms with Crippen LogP contribution in [0.3, 0.4) is 0 Å². The van der Waals surface area contributed by atoms with Gasteiger partial charge in [-0.1, -0.05) is 6.42 Å². The van der Waals surface area contributed by atoms with E-state index in [1.54, 1.807) is 41.1 Å². The van der Waals surface area contributed by atoms with Crippen LogP contribution in [0.2, 0.25) is 0 Å². The third-order valence-electron chi connectivity index (χ3n) is 5.01. The lowest BCUT2D eigenvalue weighted by molar-refractivity contribution is 0.182. The summed E-state index contributed by atoms with van der Waals surface area (Å²) in [7, 11) is 2.23. The number of halogens is 1. The van der Waals surface area contributed by atoms with Gasteiger partial charge >= 0.3 is 0 Å². The first-order chi connectivity index (χ1) is 12.7. The highest BCUT2D eigenvalue weighted by Crippen LogP contribution is 2.28. The number of likely N-dealkylation sites (tertiary alicyclic amines) is 1. The number of fused-ring (bicyclic) bond motifs is 1. The van der Waals surface area contributed by atoms with E-state index in [0.29, 0.717) is 6.04 Å². The molecule has 3 aromatic rings. The molecule has 7 heteroatoms. The molecule has 3 heterocycles. The Balaban J connectivity index is 1.50. The quantitative estimate of drug-likeness (QED) is 0.502. The number of aromatic nitrogens is 4. The van der Waals surface area contributed by atoms with E-state index in [2.05, 4.69) is 27.0 Å². The SMILES string of the molecule is CN1CCCCC1CCSc1ncnc2c1cnn2-c1ccc(F)cc1. The molecule has 4 rings (SSSR count). The molecule has 136 valence electrons. The van der Waals surface area contributed by atoms with E-state index in [9.17, 15) is 4.39 Å². The fourth-order valence-corrected chi connectivity index (χ4v) is 4.51. The summed E-state index contributed by atoms with van der Waals surface area (Å²) in [6, 6.07) is 6.95. The lowest BCUT2D eigenvalue weighted by Gasteiger charge is -2.32. The van der Waals surface area contributed by atoms with Crippen LogP contribution in [0.5, 0.6) is 0 Å². The van der Waals surface area contributed by atoms with Crippen molar-refractivity contribution in [2.45, 2.75) is 36.8 Å². The van der Waals surface area contributed by atoms with Gasteiger partial charge < -0.3 is 4.90 Å². The van der Waals surface area contributed by atoms with Gasteiger partial charge in [-0.25, -0.2) is 19.0 Å². The van der Waals surface area contributed by atoms with Gasteiger partial charge in [0, 0.05) is 11.8 Å². The number of nitrogens with zero attached hydrogens (tertiary/aromatic N) is 5. The van der Waals surface area contributed by atoms with E-state index in [4.69, 9.17) is 0 Å². The Morgan fingerprint density at radius 1 is 1.19 bits per heavy atom. The minimum atomic E-state index is -0.260. The molecule has 0 N–H and O–H groups in total. The zero-order chi connectivity index (χ0) is 17.9. The highest BCUT2D eigenvalue weighted by atomic mass is 32.2. The molecule has 1 atom stereocenters. The summed E-state index contributed by atoms with van der Waals surface area (Å²) in [5.41, 5.74) is 1.55. The topological polar surface area (TPSA) is 46.8 Å². The molecule has 0 amide bonds.